The van der Waals surface area contributed by atoms with Crippen molar-refractivity contribution in [3.8, 4) is 0 Å². The normalized spacial score (nSPS) is 25.0. The summed E-state index contributed by atoms with van der Waals surface area (Å²) in [5, 5.41) is 10.8. The third-order valence-corrected chi connectivity index (χ3v) is 5.38. The van der Waals surface area contributed by atoms with E-state index in [0.717, 1.165) is 55.7 Å². The fourth-order valence-electron chi connectivity index (χ4n) is 3.18. The van der Waals surface area contributed by atoms with Crippen LogP contribution >= 0.6 is 11.3 Å². The Balaban J connectivity index is 1.41. The molecule has 6 heteroatoms. The molecule has 122 valence electrons. The zero-order valence-corrected chi connectivity index (χ0v) is 13.9. The van der Waals surface area contributed by atoms with Crippen LogP contribution in [-0.2, 0) is 15.9 Å². The van der Waals surface area contributed by atoms with Crippen LogP contribution in [0.25, 0.3) is 0 Å². The van der Waals surface area contributed by atoms with E-state index >= 15 is 0 Å². The van der Waals surface area contributed by atoms with Crippen molar-refractivity contribution in [2.24, 2.45) is 0 Å². The molecule has 0 saturated carbocycles. The van der Waals surface area contributed by atoms with Gasteiger partial charge in [-0.1, -0.05) is 41.7 Å². The number of hydrogen-bond acceptors (Lipinski definition) is 6. The molecular weight excluding hydrogens is 310 g/mol. The molecule has 0 spiro atoms. The molecule has 0 N–H and O–H groups in total. The molecular formula is C17H21N3O2S. The van der Waals surface area contributed by atoms with Crippen molar-refractivity contribution in [2.45, 2.75) is 31.5 Å². The van der Waals surface area contributed by atoms with Crippen molar-refractivity contribution in [1.29, 1.82) is 0 Å². The van der Waals surface area contributed by atoms with Gasteiger partial charge in [0.05, 0.1) is 12.7 Å². The Morgan fingerprint density at radius 2 is 1.96 bits per heavy atom. The van der Waals surface area contributed by atoms with Gasteiger partial charge in [-0.3, -0.25) is 0 Å². The van der Waals surface area contributed by atoms with Gasteiger partial charge in [-0.15, -0.1) is 10.2 Å². The predicted molar refractivity (Wildman–Crippen MR) is 90.1 cm³/mol. The molecule has 0 amide bonds. The second-order valence-corrected chi connectivity index (χ2v) is 7.09. The Labute approximate surface area is 140 Å². The molecule has 0 unspecified atom stereocenters. The van der Waals surface area contributed by atoms with Crippen molar-refractivity contribution in [2.75, 3.05) is 31.2 Å². The van der Waals surface area contributed by atoms with Gasteiger partial charge in [0.15, 0.2) is 0 Å². The maximum Gasteiger partial charge on any atom is 0.208 e. The summed E-state index contributed by atoms with van der Waals surface area (Å²) in [6.45, 7) is 3.33. The van der Waals surface area contributed by atoms with Gasteiger partial charge in [-0.25, -0.2) is 0 Å². The first kappa shape index (κ1) is 15.1. The molecule has 1 aromatic carbocycles. The van der Waals surface area contributed by atoms with Crippen LogP contribution in [0.2, 0.25) is 0 Å². The minimum atomic E-state index is 0.160. The van der Waals surface area contributed by atoms with E-state index in [9.17, 15) is 0 Å². The Kier molecular flexibility index (Phi) is 4.55. The van der Waals surface area contributed by atoms with Crippen molar-refractivity contribution in [3.63, 3.8) is 0 Å². The molecule has 0 bridgehead atoms. The first-order valence-corrected chi connectivity index (χ1v) is 9.04. The van der Waals surface area contributed by atoms with Gasteiger partial charge in [-0.05, 0) is 18.4 Å². The highest BCUT2D eigenvalue weighted by Crippen LogP contribution is 2.27. The van der Waals surface area contributed by atoms with E-state index < -0.39 is 0 Å². The van der Waals surface area contributed by atoms with Crippen LogP contribution in [0.5, 0.6) is 0 Å². The zero-order chi connectivity index (χ0) is 15.5. The minimum absolute atomic E-state index is 0.160. The Morgan fingerprint density at radius 3 is 2.78 bits per heavy atom. The van der Waals surface area contributed by atoms with Crippen LogP contribution in [-0.4, -0.2) is 48.7 Å². The second kappa shape index (κ2) is 6.95. The average Bonchev–Trinajstić information content (AvgIpc) is 3.28. The highest BCUT2D eigenvalue weighted by molar-refractivity contribution is 7.15. The molecule has 2 atom stereocenters. The number of aromatic nitrogens is 2. The smallest absolute Gasteiger partial charge is 0.208 e. The number of nitrogens with zero attached hydrogens (tertiary/aromatic N) is 3. The molecule has 2 saturated heterocycles. The molecule has 1 aromatic heterocycles. The standard InChI is InChI=1S/C17H21N3O2S/c1-2-5-13(6-3-1)11-16-18-19-17(23-16)20-8-10-22-15(12-20)14-7-4-9-21-14/h1-3,5-6,14-15H,4,7-12H2/t14-,15+/m1/s1. The highest BCUT2D eigenvalue weighted by atomic mass is 32.1. The number of morpholine rings is 1. The van der Waals surface area contributed by atoms with Crippen LogP contribution < -0.4 is 4.90 Å². The molecule has 23 heavy (non-hydrogen) atoms. The number of ether oxygens (including phenoxy) is 2. The van der Waals surface area contributed by atoms with Gasteiger partial charge in [0.25, 0.3) is 0 Å². The van der Waals surface area contributed by atoms with Crippen LogP contribution in [0.3, 0.4) is 0 Å². The van der Waals surface area contributed by atoms with Crippen molar-refractivity contribution in [1.82, 2.24) is 10.2 Å². The maximum absolute atomic E-state index is 5.91. The van der Waals surface area contributed by atoms with Crippen LogP contribution in [0.15, 0.2) is 30.3 Å². The Bertz CT molecular complexity index is 628. The first-order valence-electron chi connectivity index (χ1n) is 8.23. The van der Waals surface area contributed by atoms with E-state index in [1.165, 1.54) is 5.56 Å². The summed E-state index contributed by atoms with van der Waals surface area (Å²) >= 11 is 1.69. The summed E-state index contributed by atoms with van der Waals surface area (Å²) in [6, 6.07) is 10.4. The van der Waals surface area contributed by atoms with Crippen LogP contribution in [0, 0.1) is 0 Å². The van der Waals surface area contributed by atoms with Gasteiger partial charge in [-0.2, -0.15) is 0 Å². The number of hydrogen-bond donors (Lipinski definition) is 0. The Hall–Kier alpha value is -1.50. The van der Waals surface area contributed by atoms with E-state index in [-0.39, 0.29) is 12.2 Å². The van der Waals surface area contributed by atoms with E-state index in [0.29, 0.717) is 0 Å². The van der Waals surface area contributed by atoms with Gasteiger partial charge in [0, 0.05) is 26.1 Å². The summed E-state index contributed by atoms with van der Waals surface area (Å²) in [5.74, 6) is 0. The SMILES string of the molecule is c1ccc(Cc2nnc(N3CCO[C@H]([C@H]4CCCO4)C3)s2)cc1. The molecule has 3 heterocycles. The first-order chi connectivity index (χ1) is 11.4. The average molecular weight is 331 g/mol. The molecule has 2 aromatic rings. The second-order valence-electron chi connectivity index (χ2n) is 6.05. The lowest BCUT2D eigenvalue weighted by Crippen LogP contribution is -2.47. The lowest BCUT2D eigenvalue weighted by Gasteiger charge is -2.34. The topological polar surface area (TPSA) is 47.5 Å². The van der Waals surface area contributed by atoms with Gasteiger partial charge in [0.1, 0.15) is 11.1 Å². The summed E-state index contributed by atoms with van der Waals surface area (Å²) in [5.41, 5.74) is 1.27. The third kappa shape index (κ3) is 3.54. The van der Waals surface area contributed by atoms with Crippen LogP contribution in [0.4, 0.5) is 5.13 Å². The zero-order valence-electron chi connectivity index (χ0n) is 13.1. The molecule has 2 aliphatic heterocycles. The lowest BCUT2D eigenvalue weighted by molar-refractivity contribution is -0.0543. The van der Waals surface area contributed by atoms with Crippen LogP contribution in [0.1, 0.15) is 23.4 Å². The monoisotopic (exact) mass is 331 g/mol. The molecule has 4 rings (SSSR count). The quantitative estimate of drug-likeness (QED) is 0.861. The van der Waals surface area contributed by atoms with Gasteiger partial charge >= 0.3 is 0 Å². The van der Waals surface area contributed by atoms with Crippen molar-refractivity contribution in [3.05, 3.63) is 40.9 Å². The molecule has 2 fully saturated rings. The fourth-order valence-corrected chi connectivity index (χ4v) is 4.09. The van der Waals surface area contributed by atoms with E-state index in [4.69, 9.17) is 9.47 Å². The van der Waals surface area contributed by atoms with Crippen molar-refractivity contribution < 1.29 is 9.47 Å². The highest BCUT2D eigenvalue weighted by Gasteiger charge is 2.32. The van der Waals surface area contributed by atoms with E-state index in [1.807, 2.05) is 6.07 Å². The maximum atomic E-state index is 5.91. The van der Waals surface area contributed by atoms with Gasteiger partial charge in [0.2, 0.25) is 5.13 Å². The minimum Gasteiger partial charge on any atom is -0.375 e. The summed E-state index contributed by atoms with van der Waals surface area (Å²) in [6.07, 6.45) is 3.50. The van der Waals surface area contributed by atoms with E-state index in [2.05, 4.69) is 39.4 Å². The molecule has 0 aliphatic carbocycles. The molecule has 2 aliphatic rings. The predicted octanol–water partition coefficient (Wildman–Crippen LogP) is 2.51. The Morgan fingerprint density at radius 1 is 1.09 bits per heavy atom. The number of rotatable bonds is 4. The van der Waals surface area contributed by atoms with Crippen molar-refractivity contribution >= 4 is 16.5 Å². The lowest BCUT2D eigenvalue weighted by atomic mass is 10.1. The fraction of sp³-hybridized carbons (Fsp3) is 0.529. The number of benzene rings is 1. The summed E-state index contributed by atoms with van der Waals surface area (Å²) in [7, 11) is 0. The summed E-state index contributed by atoms with van der Waals surface area (Å²) < 4.78 is 11.7. The largest absolute Gasteiger partial charge is 0.375 e. The number of anilines is 1. The summed E-state index contributed by atoms with van der Waals surface area (Å²) in [4.78, 5) is 2.29. The van der Waals surface area contributed by atoms with E-state index in [1.54, 1.807) is 11.3 Å². The van der Waals surface area contributed by atoms with Gasteiger partial charge < -0.3 is 14.4 Å². The molecule has 0 radical (unpaired) electrons. The third-order valence-electron chi connectivity index (χ3n) is 4.40. The molecule has 5 nitrogen and oxygen atoms in total.